The topological polar surface area (TPSA) is 71.3 Å². The van der Waals surface area contributed by atoms with Gasteiger partial charge in [0.1, 0.15) is 0 Å². The molecular weight excluding hydrogens is 414 g/mol. The molecule has 178 valence electrons. The molecule has 0 aromatic heterocycles. The second-order valence-corrected chi connectivity index (χ2v) is 11.0. The van der Waals surface area contributed by atoms with Crippen LogP contribution in [0.4, 0.5) is 0 Å². The summed E-state index contributed by atoms with van der Waals surface area (Å²) in [5.41, 5.74) is 4.61. The van der Waals surface area contributed by atoms with E-state index in [2.05, 4.69) is 31.2 Å². The van der Waals surface area contributed by atoms with Gasteiger partial charge < -0.3 is 19.8 Å². The van der Waals surface area contributed by atoms with Crippen LogP contribution in [-0.2, 0) is 0 Å². The first-order valence-corrected chi connectivity index (χ1v) is 12.4. The Balaban J connectivity index is 1.49. The summed E-state index contributed by atoms with van der Waals surface area (Å²) in [4.78, 5) is 0. The Kier molecular flexibility index (Phi) is 5.59. The van der Waals surface area contributed by atoms with Crippen molar-refractivity contribution in [3.63, 3.8) is 0 Å². The molecule has 3 fully saturated rings. The first-order valence-electron chi connectivity index (χ1n) is 12.4. The van der Waals surface area contributed by atoms with E-state index >= 15 is 0 Å². The highest BCUT2D eigenvalue weighted by Crippen LogP contribution is 2.65. The number of oxime groups is 1. The van der Waals surface area contributed by atoms with E-state index in [0.29, 0.717) is 29.3 Å². The van der Waals surface area contributed by atoms with E-state index in [1.54, 1.807) is 14.2 Å². The summed E-state index contributed by atoms with van der Waals surface area (Å²) in [7, 11) is 3.29. The average molecular weight is 452 g/mol. The van der Waals surface area contributed by atoms with Crippen molar-refractivity contribution < 1.29 is 19.8 Å². The third kappa shape index (κ3) is 3.42. The number of aliphatic hydroxyl groups excluding tert-OH is 1. The fourth-order valence-corrected chi connectivity index (χ4v) is 7.78. The number of ether oxygens (including phenoxy) is 2. The van der Waals surface area contributed by atoms with Gasteiger partial charge in [0.15, 0.2) is 11.5 Å². The average Bonchev–Trinajstić information content (AvgIpc) is 3.10. The lowest BCUT2D eigenvalue weighted by molar-refractivity contribution is -0.0206. The molecule has 0 heterocycles. The van der Waals surface area contributed by atoms with E-state index in [1.165, 1.54) is 5.57 Å². The number of methoxy groups -OCH3 is 2. The molecule has 3 saturated carbocycles. The fraction of sp³-hybridized carbons (Fsp3) is 0.607. The van der Waals surface area contributed by atoms with Crippen LogP contribution in [0.5, 0.6) is 11.5 Å². The fourth-order valence-electron chi connectivity index (χ4n) is 7.78. The van der Waals surface area contributed by atoms with Crippen molar-refractivity contribution in [1.82, 2.24) is 0 Å². The van der Waals surface area contributed by atoms with Crippen LogP contribution in [0.25, 0.3) is 6.08 Å². The molecule has 0 unspecified atom stereocenters. The number of hydrogen-bond donors (Lipinski definition) is 2. The van der Waals surface area contributed by atoms with E-state index in [9.17, 15) is 10.3 Å². The van der Waals surface area contributed by atoms with E-state index in [0.717, 1.165) is 61.8 Å². The molecule has 5 nitrogen and oxygen atoms in total. The van der Waals surface area contributed by atoms with Crippen LogP contribution in [0.15, 0.2) is 40.6 Å². The van der Waals surface area contributed by atoms with Crippen LogP contribution >= 0.6 is 0 Å². The number of benzene rings is 1. The lowest BCUT2D eigenvalue weighted by Gasteiger charge is -2.56. The minimum atomic E-state index is -0.176. The van der Waals surface area contributed by atoms with Gasteiger partial charge in [-0.2, -0.15) is 0 Å². The van der Waals surface area contributed by atoms with Crippen molar-refractivity contribution in [2.45, 2.75) is 64.9 Å². The Hall–Kier alpha value is -2.27. The lowest BCUT2D eigenvalue weighted by atomic mass is 9.48. The molecular formula is C28H37NO4. The van der Waals surface area contributed by atoms with Gasteiger partial charge in [-0.15, -0.1) is 0 Å². The molecule has 4 aliphatic rings. The van der Waals surface area contributed by atoms with Crippen LogP contribution < -0.4 is 9.47 Å². The normalized spacial score (nSPS) is 40.1. The van der Waals surface area contributed by atoms with Gasteiger partial charge in [-0.3, -0.25) is 0 Å². The largest absolute Gasteiger partial charge is 0.493 e. The summed E-state index contributed by atoms with van der Waals surface area (Å²) in [6, 6.07) is 5.94. The van der Waals surface area contributed by atoms with Crippen molar-refractivity contribution in [1.29, 1.82) is 0 Å². The summed E-state index contributed by atoms with van der Waals surface area (Å²) in [6.45, 7) is 4.76. The molecule has 5 heteroatoms. The predicted molar refractivity (Wildman–Crippen MR) is 130 cm³/mol. The summed E-state index contributed by atoms with van der Waals surface area (Å²) in [6.07, 6.45) is 11.5. The van der Waals surface area contributed by atoms with Gasteiger partial charge >= 0.3 is 0 Å². The van der Waals surface area contributed by atoms with Gasteiger partial charge in [0.05, 0.1) is 26.0 Å². The van der Waals surface area contributed by atoms with Crippen molar-refractivity contribution in [3.05, 3.63) is 41.0 Å². The number of aliphatic hydroxyl groups is 1. The second kappa shape index (κ2) is 8.19. The molecule has 0 amide bonds. The van der Waals surface area contributed by atoms with Gasteiger partial charge in [-0.1, -0.05) is 36.7 Å². The van der Waals surface area contributed by atoms with Crippen LogP contribution in [0.3, 0.4) is 0 Å². The molecule has 0 bridgehead atoms. The molecule has 0 saturated heterocycles. The van der Waals surface area contributed by atoms with Crippen LogP contribution in [0, 0.1) is 28.6 Å². The zero-order valence-electron chi connectivity index (χ0n) is 20.3. The maximum absolute atomic E-state index is 10.3. The minimum absolute atomic E-state index is 0.103. The maximum Gasteiger partial charge on any atom is 0.161 e. The first-order chi connectivity index (χ1) is 15.8. The predicted octanol–water partition coefficient (Wildman–Crippen LogP) is 5.85. The molecule has 6 atom stereocenters. The minimum Gasteiger partial charge on any atom is -0.493 e. The zero-order valence-corrected chi connectivity index (χ0v) is 20.3. The standard InChI is InChI=1S/C28H37NO4/c1-27-11-9-20(30)16-19(27)6-7-21-22(27)10-12-28(2)23(21)15-18(26(28)29-31)13-17-5-8-24(32-3)25(14-17)33-4/h5-6,8,13-14,20-23,30-31H,7,9-12,15-16H2,1-4H3/b18-13+,29-26+/t20-,21+,22-,23-,27-,28-/m0/s1. The third-order valence-corrected chi connectivity index (χ3v) is 9.60. The van der Waals surface area contributed by atoms with Gasteiger partial charge in [-0.05, 0) is 97.5 Å². The third-order valence-electron chi connectivity index (χ3n) is 9.60. The van der Waals surface area contributed by atoms with E-state index < -0.39 is 0 Å². The number of nitrogens with zero attached hydrogens (tertiary/aromatic N) is 1. The monoisotopic (exact) mass is 451 g/mol. The molecule has 1 aromatic carbocycles. The Morgan fingerprint density at radius 3 is 2.48 bits per heavy atom. The highest BCUT2D eigenvalue weighted by molar-refractivity contribution is 6.09. The molecule has 2 N–H and O–H groups in total. The van der Waals surface area contributed by atoms with Gasteiger partial charge in [-0.25, -0.2) is 0 Å². The summed E-state index contributed by atoms with van der Waals surface area (Å²) in [5, 5.41) is 24.3. The van der Waals surface area contributed by atoms with Gasteiger partial charge in [0.25, 0.3) is 0 Å². The summed E-state index contributed by atoms with van der Waals surface area (Å²) in [5.74, 6) is 3.11. The van der Waals surface area contributed by atoms with E-state index in [4.69, 9.17) is 9.47 Å². The smallest absolute Gasteiger partial charge is 0.161 e. The van der Waals surface area contributed by atoms with E-state index in [-0.39, 0.29) is 16.9 Å². The van der Waals surface area contributed by atoms with Crippen LogP contribution in [-0.4, -0.2) is 36.3 Å². The Labute approximate surface area is 197 Å². The number of fused-ring (bicyclic) bond motifs is 5. The summed E-state index contributed by atoms with van der Waals surface area (Å²) >= 11 is 0. The molecule has 5 rings (SSSR count). The molecule has 0 spiro atoms. The molecule has 0 radical (unpaired) electrons. The van der Waals surface area contributed by atoms with Crippen molar-refractivity contribution in [2.75, 3.05) is 14.2 Å². The van der Waals surface area contributed by atoms with Crippen LogP contribution in [0.2, 0.25) is 0 Å². The van der Waals surface area contributed by atoms with Gasteiger partial charge in [0, 0.05) is 5.41 Å². The lowest BCUT2D eigenvalue weighted by Crippen LogP contribution is -2.50. The van der Waals surface area contributed by atoms with Crippen molar-refractivity contribution in [3.8, 4) is 11.5 Å². The summed E-state index contributed by atoms with van der Waals surface area (Å²) < 4.78 is 10.9. The number of allylic oxidation sites excluding steroid dienone is 2. The van der Waals surface area contributed by atoms with Crippen LogP contribution in [0.1, 0.15) is 64.4 Å². The highest BCUT2D eigenvalue weighted by Gasteiger charge is 2.59. The maximum atomic E-state index is 10.3. The number of hydrogen-bond acceptors (Lipinski definition) is 5. The Morgan fingerprint density at radius 2 is 1.76 bits per heavy atom. The molecule has 0 aliphatic heterocycles. The second-order valence-electron chi connectivity index (χ2n) is 11.0. The van der Waals surface area contributed by atoms with Gasteiger partial charge in [0.2, 0.25) is 0 Å². The highest BCUT2D eigenvalue weighted by atomic mass is 16.5. The molecule has 1 aromatic rings. The SMILES string of the molecule is COc1ccc(/C=C2\C[C@H]3[C@@H]4CC=C5C[C@@H](O)CC[C@]5(C)[C@H]4CC[C@]3(C)\C2=N\O)cc1OC. The van der Waals surface area contributed by atoms with E-state index in [1.807, 2.05) is 18.2 Å². The first kappa shape index (κ1) is 22.5. The molecule has 4 aliphatic carbocycles. The quantitative estimate of drug-likeness (QED) is 0.343. The van der Waals surface area contributed by atoms with Crippen molar-refractivity contribution >= 4 is 11.8 Å². The zero-order chi connectivity index (χ0) is 23.4. The number of rotatable bonds is 3. The Morgan fingerprint density at radius 1 is 1.00 bits per heavy atom. The molecule has 33 heavy (non-hydrogen) atoms. The Bertz CT molecular complexity index is 1030. The van der Waals surface area contributed by atoms with Crippen molar-refractivity contribution in [2.24, 2.45) is 33.7 Å².